The van der Waals surface area contributed by atoms with Gasteiger partial charge in [-0.25, -0.2) is 0 Å². The fourth-order valence-corrected chi connectivity index (χ4v) is 4.28. The van der Waals surface area contributed by atoms with Gasteiger partial charge < -0.3 is 15.0 Å². The third-order valence-corrected chi connectivity index (χ3v) is 6.22. The number of nitrogens with zero attached hydrogens (tertiary/aromatic N) is 2. The first-order chi connectivity index (χ1) is 15.0. The summed E-state index contributed by atoms with van der Waals surface area (Å²) in [6, 6.07) is 12.1. The number of amides is 2. The molecule has 31 heavy (non-hydrogen) atoms. The van der Waals surface area contributed by atoms with Gasteiger partial charge in [-0.2, -0.15) is 0 Å². The molecule has 6 heteroatoms. The summed E-state index contributed by atoms with van der Waals surface area (Å²) in [5, 5.41) is 3.02. The number of rotatable bonds is 6. The number of aromatic nitrogens is 1. The van der Waals surface area contributed by atoms with Gasteiger partial charge in [-0.1, -0.05) is 36.8 Å². The molecular formula is C25H31N3O3. The average Bonchev–Trinajstić information content (AvgIpc) is 2.73. The molecule has 2 amide bonds. The Morgan fingerprint density at radius 2 is 1.97 bits per heavy atom. The normalized spacial score (nSPS) is 21.6. The van der Waals surface area contributed by atoms with Crippen molar-refractivity contribution in [2.45, 2.75) is 51.2 Å². The lowest BCUT2D eigenvalue weighted by Gasteiger charge is -2.43. The maximum atomic E-state index is 13.3. The number of hydrogen-bond donors (Lipinski definition) is 1. The lowest BCUT2D eigenvalue weighted by atomic mass is 9.83. The van der Waals surface area contributed by atoms with Gasteiger partial charge in [-0.05, 0) is 49.4 Å². The molecule has 1 aromatic heterocycles. The number of pyridine rings is 1. The summed E-state index contributed by atoms with van der Waals surface area (Å²) in [6.07, 6.45) is 7.04. The molecular weight excluding hydrogens is 390 g/mol. The number of benzene rings is 1. The Bertz CT molecular complexity index is 909. The molecule has 1 aliphatic heterocycles. The summed E-state index contributed by atoms with van der Waals surface area (Å²) in [6.45, 7) is 5.10. The first-order valence-electron chi connectivity index (χ1n) is 11.2. The molecule has 0 radical (unpaired) electrons. The minimum absolute atomic E-state index is 0.00126. The monoisotopic (exact) mass is 421 g/mol. The Kier molecular flexibility index (Phi) is 6.37. The van der Waals surface area contributed by atoms with E-state index in [9.17, 15) is 9.59 Å². The molecule has 1 saturated carbocycles. The molecule has 2 fully saturated rings. The number of carbonyl (C=O) groups is 2. The van der Waals surface area contributed by atoms with Crippen LogP contribution in [0.2, 0.25) is 0 Å². The molecule has 2 aromatic rings. The van der Waals surface area contributed by atoms with Crippen molar-refractivity contribution in [3.63, 3.8) is 0 Å². The summed E-state index contributed by atoms with van der Waals surface area (Å²) in [7, 11) is 0. The summed E-state index contributed by atoms with van der Waals surface area (Å²) in [5.74, 6) is 0.135. The van der Waals surface area contributed by atoms with Crippen LogP contribution >= 0.6 is 0 Å². The SMILES string of the molecule is CC(C)NC(=O)[C@@]1(Cc2ccc(-c3cccnc3)cc2)CN(C(=O)C2CCC2)CCO1. The van der Waals surface area contributed by atoms with Crippen LogP contribution < -0.4 is 5.32 Å². The standard InChI is InChI=1S/C25H31N3O3/c1-18(2)27-24(30)25(17-28(13-14-31-25)23(29)21-5-3-6-21)15-19-8-10-20(11-9-19)22-7-4-12-26-16-22/h4,7-12,16,18,21H,3,5-6,13-15,17H2,1-2H3,(H,27,30)/t25-/m1/s1. The summed E-state index contributed by atoms with van der Waals surface area (Å²) >= 11 is 0. The first kappa shape index (κ1) is 21.5. The van der Waals surface area contributed by atoms with Gasteiger partial charge in [0.25, 0.3) is 5.91 Å². The molecule has 1 N–H and O–H groups in total. The lowest BCUT2D eigenvalue weighted by Crippen LogP contribution is -2.63. The van der Waals surface area contributed by atoms with Crippen molar-refractivity contribution in [2.24, 2.45) is 5.92 Å². The molecule has 0 spiro atoms. The van der Waals surface area contributed by atoms with Gasteiger partial charge in [-0.15, -0.1) is 0 Å². The topological polar surface area (TPSA) is 71.5 Å². The average molecular weight is 422 g/mol. The van der Waals surface area contributed by atoms with Crippen LogP contribution in [-0.2, 0) is 20.7 Å². The molecule has 0 bridgehead atoms. The molecule has 164 valence electrons. The quantitative estimate of drug-likeness (QED) is 0.778. The van der Waals surface area contributed by atoms with Crippen LogP contribution in [0.15, 0.2) is 48.8 Å². The van der Waals surface area contributed by atoms with E-state index < -0.39 is 5.60 Å². The van der Waals surface area contributed by atoms with Crippen LogP contribution in [0.4, 0.5) is 0 Å². The van der Waals surface area contributed by atoms with Gasteiger partial charge >= 0.3 is 0 Å². The van der Waals surface area contributed by atoms with Crippen LogP contribution in [-0.4, -0.2) is 53.0 Å². The Morgan fingerprint density at radius 3 is 2.58 bits per heavy atom. The van der Waals surface area contributed by atoms with Crippen molar-refractivity contribution in [1.82, 2.24) is 15.2 Å². The third-order valence-electron chi connectivity index (χ3n) is 6.22. The van der Waals surface area contributed by atoms with E-state index in [0.29, 0.717) is 26.1 Å². The zero-order chi connectivity index (χ0) is 21.8. The number of carbonyl (C=O) groups excluding carboxylic acids is 2. The van der Waals surface area contributed by atoms with E-state index in [0.717, 1.165) is 36.0 Å². The van der Waals surface area contributed by atoms with Crippen LogP contribution in [0.5, 0.6) is 0 Å². The van der Waals surface area contributed by atoms with Gasteiger partial charge in [0.2, 0.25) is 5.91 Å². The van der Waals surface area contributed by atoms with Crippen LogP contribution in [0.25, 0.3) is 11.1 Å². The van der Waals surface area contributed by atoms with Crippen molar-refractivity contribution >= 4 is 11.8 Å². The second-order valence-corrected chi connectivity index (χ2v) is 8.97. The van der Waals surface area contributed by atoms with Gasteiger partial charge in [0.1, 0.15) is 0 Å². The Morgan fingerprint density at radius 1 is 1.19 bits per heavy atom. The molecule has 1 aliphatic carbocycles. The predicted octanol–water partition coefficient (Wildman–Crippen LogP) is 3.21. The van der Waals surface area contributed by atoms with Crippen molar-refractivity contribution in [2.75, 3.05) is 19.7 Å². The smallest absolute Gasteiger partial charge is 0.254 e. The van der Waals surface area contributed by atoms with Crippen molar-refractivity contribution in [3.05, 3.63) is 54.4 Å². The second-order valence-electron chi connectivity index (χ2n) is 8.97. The minimum atomic E-state index is -1.07. The third kappa shape index (κ3) is 4.79. The van der Waals surface area contributed by atoms with E-state index in [-0.39, 0.29) is 23.8 Å². The largest absolute Gasteiger partial charge is 0.361 e. The highest BCUT2D eigenvalue weighted by Crippen LogP contribution is 2.31. The van der Waals surface area contributed by atoms with Crippen LogP contribution in [0.1, 0.15) is 38.7 Å². The number of nitrogens with one attached hydrogen (secondary N) is 1. The highest BCUT2D eigenvalue weighted by atomic mass is 16.5. The Balaban J connectivity index is 1.56. The number of ether oxygens (including phenoxy) is 1. The molecule has 6 nitrogen and oxygen atoms in total. The highest BCUT2D eigenvalue weighted by Gasteiger charge is 2.46. The summed E-state index contributed by atoms with van der Waals surface area (Å²) in [4.78, 5) is 32.2. The molecule has 2 aliphatic rings. The Hall–Kier alpha value is -2.73. The zero-order valence-electron chi connectivity index (χ0n) is 18.3. The second kappa shape index (κ2) is 9.18. The van der Waals surface area contributed by atoms with E-state index >= 15 is 0 Å². The maximum Gasteiger partial charge on any atom is 0.254 e. The fraction of sp³-hybridized carbons (Fsp3) is 0.480. The minimum Gasteiger partial charge on any atom is -0.361 e. The molecule has 1 saturated heterocycles. The molecule has 0 unspecified atom stereocenters. The molecule has 1 atom stereocenters. The first-order valence-corrected chi connectivity index (χ1v) is 11.2. The van der Waals surface area contributed by atoms with Crippen molar-refractivity contribution < 1.29 is 14.3 Å². The van der Waals surface area contributed by atoms with Crippen LogP contribution in [0.3, 0.4) is 0 Å². The maximum absolute atomic E-state index is 13.3. The summed E-state index contributed by atoms with van der Waals surface area (Å²) in [5.41, 5.74) is 2.05. The van der Waals surface area contributed by atoms with E-state index in [1.807, 2.05) is 61.3 Å². The van der Waals surface area contributed by atoms with E-state index in [2.05, 4.69) is 10.3 Å². The predicted molar refractivity (Wildman–Crippen MR) is 119 cm³/mol. The van der Waals surface area contributed by atoms with Gasteiger partial charge in [-0.3, -0.25) is 14.6 Å². The van der Waals surface area contributed by atoms with E-state index in [4.69, 9.17) is 4.74 Å². The van der Waals surface area contributed by atoms with E-state index in [1.165, 1.54) is 0 Å². The molecule has 1 aromatic carbocycles. The molecule has 4 rings (SSSR count). The lowest BCUT2D eigenvalue weighted by molar-refractivity contribution is -0.169. The highest BCUT2D eigenvalue weighted by molar-refractivity contribution is 5.88. The van der Waals surface area contributed by atoms with Gasteiger partial charge in [0, 0.05) is 37.3 Å². The summed E-state index contributed by atoms with van der Waals surface area (Å²) < 4.78 is 6.14. The van der Waals surface area contributed by atoms with Crippen molar-refractivity contribution in [1.29, 1.82) is 0 Å². The Labute approximate surface area is 184 Å². The van der Waals surface area contributed by atoms with Crippen LogP contribution in [0, 0.1) is 5.92 Å². The zero-order valence-corrected chi connectivity index (χ0v) is 18.3. The molecule has 2 heterocycles. The van der Waals surface area contributed by atoms with Gasteiger partial charge in [0.05, 0.1) is 13.2 Å². The number of hydrogen-bond acceptors (Lipinski definition) is 4. The fourth-order valence-electron chi connectivity index (χ4n) is 4.28. The number of morpholine rings is 1. The van der Waals surface area contributed by atoms with Crippen molar-refractivity contribution in [3.8, 4) is 11.1 Å². The van der Waals surface area contributed by atoms with Gasteiger partial charge in [0.15, 0.2) is 5.60 Å². The van der Waals surface area contributed by atoms with E-state index in [1.54, 1.807) is 6.20 Å².